The number of nitrogens with one attached hydrogen (secondary N) is 3. The molecule has 1 aliphatic rings. The van der Waals surface area contributed by atoms with Gasteiger partial charge in [-0.3, -0.25) is 19.8 Å². The van der Waals surface area contributed by atoms with E-state index in [-0.39, 0.29) is 50.9 Å². The Kier molecular flexibility index (Phi) is 12.5. The molecule has 2 amide bonds. The molecule has 3 aromatic carbocycles. The fraction of sp³-hybridized carbons (Fsp3) is 0.343. The van der Waals surface area contributed by atoms with Gasteiger partial charge in [-0.1, -0.05) is 60.7 Å². The van der Waals surface area contributed by atoms with Crippen LogP contribution >= 0.6 is 0 Å². The van der Waals surface area contributed by atoms with Crippen LogP contribution in [-0.4, -0.2) is 61.5 Å². The molecule has 4 rings (SSSR count). The first-order chi connectivity index (χ1) is 22.7. The Bertz CT molecular complexity index is 1560. The lowest BCUT2D eigenvalue weighted by molar-refractivity contribution is -0.149. The topological polar surface area (TPSA) is 173 Å². The molecule has 47 heavy (non-hydrogen) atoms. The van der Waals surface area contributed by atoms with Gasteiger partial charge >= 0.3 is 11.9 Å². The molecule has 12 nitrogen and oxygen atoms in total. The van der Waals surface area contributed by atoms with Gasteiger partial charge in [0.2, 0.25) is 5.91 Å². The van der Waals surface area contributed by atoms with Crippen LogP contribution in [0.3, 0.4) is 0 Å². The summed E-state index contributed by atoms with van der Waals surface area (Å²) in [6.45, 7) is 4.21. The summed E-state index contributed by atoms with van der Waals surface area (Å²) < 4.78 is 15.9. The minimum absolute atomic E-state index is 0.0261. The summed E-state index contributed by atoms with van der Waals surface area (Å²) in [4.78, 5) is 52.7. The molecular weight excluding hydrogens is 602 g/mol. The number of benzene rings is 3. The van der Waals surface area contributed by atoms with Crippen molar-refractivity contribution in [1.82, 2.24) is 10.6 Å². The molecule has 0 aromatic heterocycles. The number of ether oxygens (including phenoxy) is 3. The van der Waals surface area contributed by atoms with E-state index in [1.807, 2.05) is 60.7 Å². The molecule has 0 fully saturated rings. The van der Waals surface area contributed by atoms with Gasteiger partial charge < -0.3 is 35.5 Å². The van der Waals surface area contributed by atoms with Crippen LogP contribution in [0.2, 0.25) is 0 Å². The minimum Gasteiger partial charge on any atom is -0.482 e. The average molecular weight is 644 g/mol. The van der Waals surface area contributed by atoms with Crippen molar-refractivity contribution in [3.63, 3.8) is 0 Å². The van der Waals surface area contributed by atoms with Crippen LogP contribution in [-0.2, 0) is 48.2 Å². The molecule has 248 valence electrons. The number of esters is 2. The predicted molar refractivity (Wildman–Crippen MR) is 176 cm³/mol. The summed E-state index contributed by atoms with van der Waals surface area (Å²) in [5.74, 6) is -1.17. The number of fused-ring (bicyclic) bond motifs is 1. The van der Waals surface area contributed by atoms with Crippen LogP contribution in [0.1, 0.15) is 48.9 Å². The minimum atomic E-state index is -1.02. The number of hydrogen-bond donors (Lipinski definition) is 4. The van der Waals surface area contributed by atoms with E-state index in [4.69, 9.17) is 25.4 Å². The zero-order valence-electron chi connectivity index (χ0n) is 26.6. The molecule has 1 aliphatic heterocycles. The van der Waals surface area contributed by atoms with Crippen LogP contribution in [0.4, 0.5) is 5.69 Å². The number of amides is 2. The van der Waals surface area contributed by atoms with Crippen molar-refractivity contribution >= 4 is 35.3 Å². The molecule has 0 spiro atoms. The molecule has 0 unspecified atom stereocenters. The van der Waals surface area contributed by atoms with E-state index in [1.165, 1.54) is 0 Å². The largest absolute Gasteiger partial charge is 0.482 e. The summed E-state index contributed by atoms with van der Waals surface area (Å²) in [5.41, 5.74) is 9.40. The monoisotopic (exact) mass is 643 g/mol. The third kappa shape index (κ3) is 9.88. The van der Waals surface area contributed by atoms with E-state index in [9.17, 15) is 19.2 Å². The smallest absolute Gasteiger partial charge is 0.328 e. The maximum atomic E-state index is 13.6. The Morgan fingerprint density at radius 3 is 2.32 bits per heavy atom. The van der Waals surface area contributed by atoms with Crippen LogP contribution < -0.4 is 26.0 Å². The van der Waals surface area contributed by atoms with Crippen LogP contribution in [0.25, 0.3) is 0 Å². The first-order valence-electron chi connectivity index (χ1n) is 15.6. The first-order valence-corrected chi connectivity index (χ1v) is 15.6. The SMILES string of the molecule is CCOC(=O)CC[C@H](NC(=O)[C@H](Cc1ccccc1)NCc1ccc2c(c1)OCC(=O)N2Cc1ccc(C(=N)N)cc1)C(=O)OCC. The normalized spacial score (nSPS) is 13.5. The number of hydrogen-bond acceptors (Lipinski definition) is 9. The van der Waals surface area contributed by atoms with Gasteiger partial charge in [0.1, 0.15) is 17.6 Å². The molecular formula is C35H41N5O7. The highest BCUT2D eigenvalue weighted by Gasteiger charge is 2.29. The molecule has 0 bridgehead atoms. The highest BCUT2D eigenvalue weighted by atomic mass is 16.5. The van der Waals surface area contributed by atoms with E-state index in [2.05, 4.69) is 10.6 Å². The van der Waals surface area contributed by atoms with Crippen molar-refractivity contribution in [2.24, 2.45) is 5.73 Å². The lowest BCUT2D eigenvalue weighted by atomic mass is 10.0. The zero-order chi connectivity index (χ0) is 33.8. The van der Waals surface area contributed by atoms with Gasteiger partial charge in [0, 0.05) is 18.5 Å². The second kappa shape index (κ2) is 16.9. The van der Waals surface area contributed by atoms with Crippen molar-refractivity contribution in [2.45, 2.75) is 58.3 Å². The van der Waals surface area contributed by atoms with Crippen molar-refractivity contribution in [3.8, 4) is 5.75 Å². The fourth-order valence-corrected chi connectivity index (χ4v) is 5.11. The maximum Gasteiger partial charge on any atom is 0.328 e. The molecule has 0 saturated carbocycles. The number of carbonyl (C=O) groups excluding carboxylic acids is 4. The van der Waals surface area contributed by atoms with Crippen molar-refractivity contribution in [3.05, 3.63) is 95.1 Å². The van der Waals surface area contributed by atoms with Gasteiger partial charge in [0.15, 0.2) is 6.61 Å². The molecule has 2 atom stereocenters. The van der Waals surface area contributed by atoms with Gasteiger partial charge in [0.05, 0.1) is 31.5 Å². The van der Waals surface area contributed by atoms with E-state index in [0.29, 0.717) is 30.0 Å². The standard InChI is InChI=1S/C35H41N5O7/c1-3-45-32(42)17-15-27(35(44)46-4-2)39-34(43)28(18-23-8-6-5-7-9-23)38-20-25-12-16-29-30(19-25)47-22-31(41)40(29)21-24-10-13-26(14-11-24)33(36)37/h5-14,16,19,27-28,38H,3-4,15,17-18,20-22H2,1-2H3,(H3,36,37)(H,39,43)/t27-,28-/m0/s1. The third-order valence-corrected chi connectivity index (χ3v) is 7.55. The second-order valence-corrected chi connectivity index (χ2v) is 11.0. The van der Waals surface area contributed by atoms with E-state index < -0.39 is 29.9 Å². The molecule has 1 heterocycles. The molecule has 0 aliphatic carbocycles. The summed E-state index contributed by atoms with van der Waals surface area (Å²) in [5, 5.41) is 13.7. The average Bonchev–Trinajstić information content (AvgIpc) is 3.07. The molecule has 0 radical (unpaired) electrons. The van der Waals surface area contributed by atoms with Crippen molar-refractivity contribution in [1.29, 1.82) is 5.41 Å². The summed E-state index contributed by atoms with van der Waals surface area (Å²) in [6, 6.07) is 20.4. The van der Waals surface area contributed by atoms with Gasteiger partial charge in [0.25, 0.3) is 5.91 Å². The fourth-order valence-electron chi connectivity index (χ4n) is 5.11. The first kappa shape index (κ1) is 34.6. The van der Waals surface area contributed by atoms with Gasteiger partial charge in [-0.15, -0.1) is 0 Å². The van der Waals surface area contributed by atoms with E-state index >= 15 is 0 Å². The van der Waals surface area contributed by atoms with Crippen molar-refractivity contribution < 1.29 is 33.4 Å². The van der Waals surface area contributed by atoms with Crippen LogP contribution in [0, 0.1) is 5.41 Å². The predicted octanol–water partition coefficient (Wildman–Crippen LogP) is 2.99. The van der Waals surface area contributed by atoms with Crippen molar-refractivity contribution in [2.75, 3.05) is 24.7 Å². The number of anilines is 1. The number of carbonyl (C=O) groups is 4. The Morgan fingerprint density at radius 2 is 1.64 bits per heavy atom. The highest BCUT2D eigenvalue weighted by Crippen LogP contribution is 2.34. The highest BCUT2D eigenvalue weighted by molar-refractivity contribution is 5.98. The number of nitrogens with zero attached hydrogens (tertiary/aromatic N) is 1. The third-order valence-electron chi connectivity index (χ3n) is 7.55. The molecule has 12 heteroatoms. The summed E-state index contributed by atoms with van der Waals surface area (Å²) >= 11 is 0. The second-order valence-electron chi connectivity index (χ2n) is 11.0. The number of nitrogen functional groups attached to an aromatic ring is 1. The van der Waals surface area contributed by atoms with Gasteiger partial charge in [-0.05, 0) is 55.5 Å². The molecule has 5 N–H and O–H groups in total. The lowest BCUT2D eigenvalue weighted by Gasteiger charge is -2.30. The molecule has 3 aromatic rings. The van der Waals surface area contributed by atoms with Crippen LogP contribution in [0.5, 0.6) is 5.75 Å². The van der Waals surface area contributed by atoms with Crippen LogP contribution in [0.15, 0.2) is 72.8 Å². The summed E-state index contributed by atoms with van der Waals surface area (Å²) in [7, 11) is 0. The maximum absolute atomic E-state index is 13.6. The number of nitrogens with two attached hydrogens (primary N) is 1. The number of amidine groups is 1. The molecule has 0 saturated heterocycles. The Labute approximate surface area is 274 Å². The zero-order valence-corrected chi connectivity index (χ0v) is 26.6. The number of rotatable bonds is 16. The Balaban J connectivity index is 1.48. The Morgan fingerprint density at radius 1 is 0.936 bits per heavy atom. The van der Waals surface area contributed by atoms with E-state index in [1.54, 1.807) is 30.9 Å². The lowest BCUT2D eigenvalue weighted by Crippen LogP contribution is -2.51. The van der Waals surface area contributed by atoms with E-state index in [0.717, 1.165) is 16.7 Å². The summed E-state index contributed by atoms with van der Waals surface area (Å²) in [6.07, 6.45) is 0.332. The quantitative estimate of drug-likeness (QED) is 0.104. The Hall–Kier alpha value is -5.23. The van der Waals surface area contributed by atoms with Gasteiger partial charge in [-0.2, -0.15) is 0 Å². The van der Waals surface area contributed by atoms with Gasteiger partial charge in [-0.25, -0.2) is 4.79 Å².